The van der Waals surface area contributed by atoms with E-state index in [1.54, 1.807) is 0 Å². The van der Waals surface area contributed by atoms with E-state index in [9.17, 15) is 5.11 Å². The average Bonchev–Trinajstić information content (AvgIpc) is 2.64. The van der Waals surface area contributed by atoms with Crippen LogP contribution in [0.25, 0.3) is 0 Å². The van der Waals surface area contributed by atoms with Gasteiger partial charge in [0.25, 0.3) is 0 Å². The highest BCUT2D eigenvalue weighted by atomic mass is 16.5. The Morgan fingerprint density at radius 2 is 0.885 bits per heavy atom. The van der Waals surface area contributed by atoms with Gasteiger partial charge in [0.1, 0.15) is 0 Å². The monoisotopic (exact) mass is 374 g/mol. The summed E-state index contributed by atoms with van der Waals surface area (Å²) < 4.78 is 5.12. The highest BCUT2D eigenvalue weighted by Crippen LogP contribution is 2.14. The summed E-state index contributed by atoms with van der Waals surface area (Å²) in [4.78, 5) is 0. The summed E-state index contributed by atoms with van der Waals surface area (Å²) in [6.45, 7) is 1.05. The number of ether oxygens (including phenoxy) is 1. The van der Waals surface area contributed by atoms with Crippen molar-refractivity contribution < 1.29 is 20.1 Å². The summed E-state index contributed by atoms with van der Waals surface area (Å²) in [5.41, 5.74) is 0. The van der Waals surface area contributed by atoms with Gasteiger partial charge >= 0.3 is 0 Å². The fourth-order valence-corrected chi connectivity index (χ4v) is 3.33. The molecule has 4 heteroatoms. The van der Waals surface area contributed by atoms with E-state index in [1.165, 1.54) is 89.9 Å². The van der Waals surface area contributed by atoms with Crippen LogP contribution in [0.15, 0.2) is 0 Å². The Morgan fingerprint density at radius 1 is 0.500 bits per heavy atom. The van der Waals surface area contributed by atoms with Crippen molar-refractivity contribution in [2.75, 3.05) is 26.4 Å². The molecule has 0 saturated carbocycles. The van der Waals surface area contributed by atoms with Gasteiger partial charge in [-0.05, 0) is 12.8 Å². The first-order chi connectivity index (χ1) is 12.8. The zero-order chi connectivity index (χ0) is 19.1. The van der Waals surface area contributed by atoms with Crippen molar-refractivity contribution in [2.45, 2.75) is 115 Å². The number of hydrogen-bond donors (Lipinski definition) is 3. The molecule has 0 spiro atoms. The molecule has 1 atom stereocenters. The maximum atomic E-state index is 9.69. The van der Waals surface area contributed by atoms with Gasteiger partial charge in [0, 0.05) is 6.61 Å². The molecule has 0 radical (unpaired) electrons. The number of unbranched alkanes of at least 4 members (excludes halogenated alkanes) is 15. The smallest absolute Gasteiger partial charge is 0.0773 e. The van der Waals surface area contributed by atoms with Crippen molar-refractivity contribution in [1.29, 1.82) is 0 Å². The van der Waals surface area contributed by atoms with E-state index in [0.29, 0.717) is 19.8 Å². The summed E-state index contributed by atoms with van der Waals surface area (Å²) in [6.07, 6.45) is 21.2. The highest BCUT2D eigenvalue weighted by Gasteiger charge is 2.03. The number of aliphatic hydroxyl groups is 3. The molecule has 26 heavy (non-hydrogen) atoms. The molecule has 158 valence electrons. The SMILES string of the molecule is OCCCCCCCCCCCCCCCCCCC(O)COCCO. The molecule has 0 aromatic carbocycles. The standard InChI is InChI=1S/C22H46O4/c23-18-16-14-12-10-8-6-4-2-1-3-5-7-9-11-13-15-17-22(25)21-26-20-19-24/h22-25H,1-21H2. The van der Waals surface area contributed by atoms with E-state index in [2.05, 4.69) is 0 Å². The zero-order valence-corrected chi connectivity index (χ0v) is 17.2. The fraction of sp³-hybridized carbons (Fsp3) is 1.00. The Hall–Kier alpha value is -0.160. The predicted octanol–water partition coefficient (Wildman–Crippen LogP) is 4.98. The molecule has 0 fully saturated rings. The lowest BCUT2D eigenvalue weighted by Crippen LogP contribution is -2.16. The van der Waals surface area contributed by atoms with Crippen LogP contribution >= 0.6 is 0 Å². The summed E-state index contributed by atoms with van der Waals surface area (Å²) in [6, 6.07) is 0. The molecule has 0 aromatic heterocycles. The quantitative estimate of drug-likeness (QED) is 0.234. The molecule has 0 aliphatic heterocycles. The first kappa shape index (κ1) is 25.8. The lowest BCUT2D eigenvalue weighted by Gasteiger charge is -2.10. The third-order valence-electron chi connectivity index (χ3n) is 4.99. The van der Waals surface area contributed by atoms with Crippen molar-refractivity contribution in [1.82, 2.24) is 0 Å². The molecule has 0 aliphatic rings. The molecule has 0 amide bonds. The summed E-state index contributed by atoms with van der Waals surface area (Å²) in [5, 5.41) is 27.0. The Morgan fingerprint density at radius 3 is 1.27 bits per heavy atom. The van der Waals surface area contributed by atoms with Crippen molar-refractivity contribution in [2.24, 2.45) is 0 Å². The van der Waals surface area contributed by atoms with E-state index in [0.717, 1.165) is 19.3 Å². The van der Waals surface area contributed by atoms with Crippen molar-refractivity contribution in [3.05, 3.63) is 0 Å². The average molecular weight is 375 g/mol. The third kappa shape index (κ3) is 21.9. The molecule has 0 rings (SSSR count). The number of aliphatic hydroxyl groups excluding tert-OH is 3. The molecule has 0 aliphatic carbocycles. The fourth-order valence-electron chi connectivity index (χ4n) is 3.33. The van der Waals surface area contributed by atoms with Crippen molar-refractivity contribution in [3.8, 4) is 0 Å². The van der Waals surface area contributed by atoms with Crippen LogP contribution in [-0.4, -0.2) is 47.9 Å². The molecular weight excluding hydrogens is 328 g/mol. The van der Waals surface area contributed by atoms with E-state index >= 15 is 0 Å². The van der Waals surface area contributed by atoms with E-state index in [1.807, 2.05) is 0 Å². The second-order valence-corrected chi connectivity index (χ2v) is 7.62. The van der Waals surface area contributed by atoms with Crippen molar-refractivity contribution >= 4 is 0 Å². The first-order valence-corrected chi connectivity index (χ1v) is 11.3. The molecule has 0 aromatic rings. The van der Waals surface area contributed by atoms with Gasteiger partial charge in [0.15, 0.2) is 0 Å². The first-order valence-electron chi connectivity index (χ1n) is 11.3. The Bertz CT molecular complexity index is 248. The van der Waals surface area contributed by atoms with E-state index in [4.69, 9.17) is 14.9 Å². The lowest BCUT2D eigenvalue weighted by atomic mass is 10.0. The normalized spacial score (nSPS) is 12.6. The maximum Gasteiger partial charge on any atom is 0.0773 e. The second-order valence-electron chi connectivity index (χ2n) is 7.62. The molecule has 4 nitrogen and oxygen atoms in total. The largest absolute Gasteiger partial charge is 0.396 e. The summed E-state index contributed by atoms with van der Waals surface area (Å²) >= 11 is 0. The topological polar surface area (TPSA) is 69.9 Å². The van der Waals surface area contributed by atoms with Gasteiger partial charge in [0.2, 0.25) is 0 Å². The molecule has 3 N–H and O–H groups in total. The van der Waals surface area contributed by atoms with Crippen LogP contribution in [0.4, 0.5) is 0 Å². The number of hydrogen-bond acceptors (Lipinski definition) is 4. The number of rotatable bonds is 22. The molecule has 0 bridgehead atoms. The van der Waals surface area contributed by atoms with Crippen LogP contribution in [0, 0.1) is 0 Å². The van der Waals surface area contributed by atoms with E-state index in [-0.39, 0.29) is 12.7 Å². The predicted molar refractivity (Wildman–Crippen MR) is 109 cm³/mol. The minimum Gasteiger partial charge on any atom is -0.396 e. The lowest BCUT2D eigenvalue weighted by molar-refractivity contribution is 0.0170. The van der Waals surface area contributed by atoms with Gasteiger partial charge in [-0.25, -0.2) is 0 Å². The Labute approximate surface area is 162 Å². The molecule has 1 unspecified atom stereocenters. The Kier molecular flexibility index (Phi) is 22.7. The van der Waals surface area contributed by atoms with Crippen LogP contribution in [0.5, 0.6) is 0 Å². The molecular formula is C22H46O4. The van der Waals surface area contributed by atoms with Gasteiger partial charge in [0.05, 0.1) is 25.9 Å². The van der Waals surface area contributed by atoms with Gasteiger partial charge in [-0.1, -0.05) is 96.3 Å². The van der Waals surface area contributed by atoms with Crippen LogP contribution < -0.4 is 0 Å². The molecule has 0 heterocycles. The summed E-state index contributed by atoms with van der Waals surface area (Å²) in [7, 11) is 0. The highest BCUT2D eigenvalue weighted by molar-refractivity contribution is 4.55. The van der Waals surface area contributed by atoms with Crippen molar-refractivity contribution in [3.63, 3.8) is 0 Å². The van der Waals surface area contributed by atoms with Crippen LogP contribution in [0.1, 0.15) is 109 Å². The van der Waals surface area contributed by atoms with E-state index < -0.39 is 0 Å². The van der Waals surface area contributed by atoms with Crippen LogP contribution in [-0.2, 0) is 4.74 Å². The maximum absolute atomic E-state index is 9.69. The van der Waals surface area contributed by atoms with Crippen LogP contribution in [0.3, 0.4) is 0 Å². The minimum atomic E-state index is -0.373. The third-order valence-corrected chi connectivity index (χ3v) is 4.99. The van der Waals surface area contributed by atoms with Gasteiger partial charge in [-0.15, -0.1) is 0 Å². The minimum absolute atomic E-state index is 0.0266. The Balaban J connectivity index is 3.05. The second kappa shape index (κ2) is 22.9. The summed E-state index contributed by atoms with van der Waals surface area (Å²) in [5.74, 6) is 0. The van der Waals surface area contributed by atoms with Crippen LogP contribution in [0.2, 0.25) is 0 Å². The van der Waals surface area contributed by atoms with Gasteiger partial charge in [-0.3, -0.25) is 0 Å². The van der Waals surface area contributed by atoms with Gasteiger partial charge < -0.3 is 20.1 Å². The zero-order valence-electron chi connectivity index (χ0n) is 17.2. The van der Waals surface area contributed by atoms with Gasteiger partial charge in [-0.2, -0.15) is 0 Å². The molecule has 0 saturated heterocycles.